The van der Waals surface area contributed by atoms with Crippen LogP contribution in [0.25, 0.3) is 0 Å². The van der Waals surface area contributed by atoms with Crippen molar-refractivity contribution in [2.45, 2.75) is 51.2 Å². The van der Waals surface area contributed by atoms with Crippen molar-refractivity contribution in [1.29, 1.82) is 0 Å². The number of carbonyl (C=O) groups is 1. The van der Waals surface area contributed by atoms with Crippen molar-refractivity contribution in [3.05, 3.63) is 0 Å². The highest BCUT2D eigenvalue weighted by Crippen LogP contribution is 2.26. The molecule has 2 atom stereocenters. The van der Waals surface area contributed by atoms with Crippen molar-refractivity contribution in [1.82, 2.24) is 10.2 Å². The van der Waals surface area contributed by atoms with E-state index in [1.165, 1.54) is 12.8 Å². The molecule has 15 heavy (non-hydrogen) atoms. The van der Waals surface area contributed by atoms with Gasteiger partial charge in [0.2, 0.25) is 0 Å². The van der Waals surface area contributed by atoms with Crippen LogP contribution in [0, 0.1) is 0 Å². The van der Waals surface area contributed by atoms with Crippen molar-refractivity contribution in [3.8, 4) is 0 Å². The van der Waals surface area contributed by atoms with E-state index in [1.807, 2.05) is 6.92 Å². The molecular weight excluding hydrogens is 192 g/mol. The number of hydrogen-bond donors (Lipinski definition) is 2. The number of likely N-dealkylation sites (N-methyl/N-ethyl adjacent to an activating group) is 1. The zero-order chi connectivity index (χ0) is 11.4. The van der Waals surface area contributed by atoms with E-state index in [4.69, 9.17) is 5.11 Å². The van der Waals surface area contributed by atoms with E-state index >= 15 is 0 Å². The number of carboxylic acids is 1. The van der Waals surface area contributed by atoms with Crippen LogP contribution in [0.3, 0.4) is 0 Å². The largest absolute Gasteiger partial charge is 0.480 e. The van der Waals surface area contributed by atoms with Gasteiger partial charge < -0.3 is 10.4 Å². The van der Waals surface area contributed by atoms with E-state index in [1.54, 1.807) is 0 Å². The van der Waals surface area contributed by atoms with Crippen LogP contribution in [0.15, 0.2) is 0 Å². The monoisotopic (exact) mass is 214 g/mol. The molecule has 1 fully saturated rings. The maximum absolute atomic E-state index is 10.8. The third-order valence-electron chi connectivity index (χ3n) is 3.18. The van der Waals surface area contributed by atoms with Gasteiger partial charge in [-0.2, -0.15) is 0 Å². The molecule has 0 bridgehead atoms. The summed E-state index contributed by atoms with van der Waals surface area (Å²) in [5.74, 6) is -0.751. The first-order valence-corrected chi connectivity index (χ1v) is 5.74. The van der Waals surface area contributed by atoms with Crippen LogP contribution in [-0.4, -0.2) is 47.7 Å². The van der Waals surface area contributed by atoms with Crippen molar-refractivity contribution in [3.63, 3.8) is 0 Å². The van der Waals surface area contributed by atoms with Crippen molar-refractivity contribution < 1.29 is 9.90 Å². The molecule has 0 radical (unpaired) electrons. The maximum Gasteiger partial charge on any atom is 0.320 e. The van der Waals surface area contributed by atoms with Gasteiger partial charge in [0.15, 0.2) is 0 Å². The number of rotatable bonds is 7. The number of nitrogens with one attached hydrogen (secondary N) is 1. The molecule has 0 heterocycles. The summed E-state index contributed by atoms with van der Waals surface area (Å²) >= 11 is 0. The normalized spacial score (nSPS) is 20.3. The molecule has 2 unspecified atom stereocenters. The van der Waals surface area contributed by atoms with Gasteiger partial charge in [-0.05, 0) is 33.2 Å². The second-order valence-electron chi connectivity index (χ2n) is 4.45. The topological polar surface area (TPSA) is 52.6 Å². The smallest absolute Gasteiger partial charge is 0.320 e. The van der Waals surface area contributed by atoms with Crippen LogP contribution in [0.5, 0.6) is 0 Å². The van der Waals surface area contributed by atoms with E-state index in [-0.39, 0.29) is 0 Å². The lowest BCUT2D eigenvalue weighted by molar-refractivity contribution is -0.139. The Kier molecular flexibility index (Phi) is 4.54. The lowest BCUT2D eigenvalue weighted by atomic mass is 10.2. The number of aliphatic carboxylic acids is 1. The minimum Gasteiger partial charge on any atom is -0.480 e. The number of nitrogens with zero attached hydrogens (tertiary/aromatic N) is 1. The third-order valence-corrected chi connectivity index (χ3v) is 3.18. The van der Waals surface area contributed by atoms with Crippen LogP contribution in [0.4, 0.5) is 0 Å². The predicted octanol–water partition coefficient (Wildman–Crippen LogP) is 0.922. The van der Waals surface area contributed by atoms with Gasteiger partial charge in [-0.25, -0.2) is 0 Å². The second-order valence-corrected chi connectivity index (χ2v) is 4.45. The molecule has 1 aliphatic rings. The average Bonchev–Trinajstić information content (AvgIpc) is 3.00. The molecule has 1 rings (SSSR count). The van der Waals surface area contributed by atoms with Crippen molar-refractivity contribution >= 4 is 5.97 Å². The Labute approximate surface area is 91.6 Å². The molecule has 4 heteroatoms. The molecule has 4 nitrogen and oxygen atoms in total. The SMILES string of the molecule is CCC(NCC(C)N(C)C1CC1)C(=O)O. The fraction of sp³-hybridized carbons (Fsp3) is 0.909. The predicted molar refractivity (Wildman–Crippen MR) is 60.0 cm³/mol. The minimum atomic E-state index is -0.751. The lowest BCUT2D eigenvalue weighted by Gasteiger charge is -2.26. The summed E-state index contributed by atoms with van der Waals surface area (Å²) in [6.45, 7) is 4.78. The molecular formula is C11H22N2O2. The molecule has 0 aromatic carbocycles. The molecule has 0 spiro atoms. The van der Waals surface area contributed by atoms with Gasteiger partial charge in [0, 0.05) is 18.6 Å². The standard InChI is InChI=1S/C11H22N2O2/c1-4-10(11(14)15)12-7-8(2)13(3)9-5-6-9/h8-10,12H,4-7H2,1-3H3,(H,14,15). The minimum absolute atomic E-state index is 0.403. The Hall–Kier alpha value is -0.610. The van der Waals surface area contributed by atoms with Crippen LogP contribution in [0.2, 0.25) is 0 Å². The summed E-state index contributed by atoms with van der Waals surface area (Å²) in [6.07, 6.45) is 3.21. The van der Waals surface area contributed by atoms with E-state index < -0.39 is 12.0 Å². The van der Waals surface area contributed by atoms with Crippen LogP contribution >= 0.6 is 0 Å². The zero-order valence-corrected chi connectivity index (χ0v) is 9.86. The Morgan fingerprint density at radius 2 is 2.20 bits per heavy atom. The molecule has 0 amide bonds. The van der Waals surface area contributed by atoms with Gasteiger partial charge in [0.1, 0.15) is 6.04 Å². The van der Waals surface area contributed by atoms with Crippen LogP contribution < -0.4 is 5.32 Å². The highest BCUT2D eigenvalue weighted by molar-refractivity contribution is 5.73. The maximum atomic E-state index is 10.8. The van der Waals surface area contributed by atoms with Crippen LogP contribution in [0.1, 0.15) is 33.1 Å². The van der Waals surface area contributed by atoms with E-state index in [0.717, 1.165) is 12.6 Å². The van der Waals surface area contributed by atoms with Gasteiger partial charge in [-0.15, -0.1) is 0 Å². The second kappa shape index (κ2) is 5.47. The van der Waals surface area contributed by atoms with E-state index in [2.05, 4.69) is 24.2 Å². The summed E-state index contributed by atoms with van der Waals surface area (Å²) in [5.41, 5.74) is 0. The molecule has 1 aliphatic carbocycles. The fourth-order valence-electron chi connectivity index (χ4n) is 1.70. The quantitative estimate of drug-likeness (QED) is 0.662. The Morgan fingerprint density at radius 1 is 1.60 bits per heavy atom. The fourth-order valence-corrected chi connectivity index (χ4v) is 1.70. The molecule has 0 saturated heterocycles. The summed E-state index contributed by atoms with van der Waals surface area (Å²) in [7, 11) is 2.12. The van der Waals surface area contributed by atoms with Crippen molar-refractivity contribution in [2.24, 2.45) is 0 Å². The summed E-state index contributed by atoms with van der Waals surface area (Å²) in [5, 5.41) is 12.0. The Balaban J connectivity index is 2.24. The summed E-state index contributed by atoms with van der Waals surface area (Å²) in [6, 6.07) is 0.734. The summed E-state index contributed by atoms with van der Waals surface area (Å²) < 4.78 is 0. The van der Waals surface area contributed by atoms with Gasteiger partial charge in [0.25, 0.3) is 0 Å². The van der Waals surface area contributed by atoms with Gasteiger partial charge in [0.05, 0.1) is 0 Å². The van der Waals surface area contributed by atoms with Gasteiger partial charge in [-0.1, -0.05) is 6.92 Å². The Bertz CT molecular complexity index is 217. The molecule has 88 valence electrons. The number of hydrogen-bond acceptors (Lipinski definition) is 3. The average molecular weight is 214 g/mol. The molecule has 1 saturated carbocycles. The molecule has 0 aromatic heterocycles. The first kappa shape index (κ1) is 12.5. The highest BCUT2D eigenvalue weighted by atomic mass is 16.4. The molecule has 0 aromatic rings. The molecule has 2 N–H and O–H groups in total. The molecule has 0 aliphatic heterocycles. The first-order valence-electron chi connectivity index (χ1n) is 5.74. The lowest BCUT2D eigenvalue weighted by Crippen LogP contribution is -2.45. The third kappa shape index (κ3) is 3.80. The Morgan fingerprint density at radius 3 is 2.60 bits per heavy atom. The van der Waals surface area contributed by atoms with Gasteiger partial charge in [-0.3, -0.25) is 9.69 Å². The van der Waals surface area contributed by atoms with E-state index in [0.29, 0.717) is 12.5 Å². The highest BCUT2D eigenvalue weighted by Gasteiger charge is 2.29. The summed E-state index contributed by atoms with van der Waals surface area (Å²) in [4.78, 5) is 13.1. The van der Waals surface area contributed by atoms with E-state index in [9.17, 15) is 4.79 Å². The zero-order valence-electron chi connectivity index (χ0n) is 9.86. The number of carboxylic acid groups (broad SMARTS) is 1. The van der Waals surface area contributed by atoms with Crippen LogP contribution in [-0.2, 0) is 4.79 Å². The van der Waals surface area contributed by atoms with Crippen molar-refractivity contribution in [2.75, 3.05) is 13.6 Å². The first-order chi connectivity index (χ1) is 7.06. The van der Waals surface area contributed by atoms with Gasteiger partial charge >= 0.3 is 5.97 Å².